The largest absolute Gasteiger partial charge is 0.469 e. The molecule has 1 aromatic carbocycles. The number of esters is 1. The average Bonchev–Trinajstić information content (AvgIpc) is 2.32. The molecule has 0 heterocycles. The zero-order valence-electron chi connectivity index (χ0n) is 10.3. The van der Waals surface area contributed by atoms with E-state index >= 15 is 0 Å². The van der Waals surface area contributed by atoms with Gasteiger partial charge < -0.3 is 10.1 Å². The van der Waals surface area contributed by atoms with Crippen LogP contribution in [0.25, 0.3) is 0 Å². The van der Waals surface area contributed by atoms with Crippen LogP contribution in [0.1, 0.15) is 25.7 Å². The summed E-state index contributed by atoms with van der Waals surface area (Å²) in [5, 5.41) is 4.49. The standard InChI is InChI=1S/C13H17Cl2NO2/c1-18-13(17)5-3-2-4-6-16-12-8-10(14)7-11(15)9-12/h7-9,16H,2-6H2,1H3. The smallest absolute Gasteiger partial charge is 0.305 e. The normalized spacial score (nSPS) is 10.2. The first-order chi connectivity index (χ1) is 8.61. The predicted octanol–water partition coefficient (Wildman–Crippen LogP) is 4.14. The van der Waals surface area contributed by atoms with Gasteiger partial charge in [0.25, 0.3) is 0 Å². The van der Waals surface area contributed by atoms with Gasteiger partial charge in [-0.2, -0.15) is 0 Å². The summed E-state index contributed by atoms with van der Waals surface area (Å²) in [5.74, 6) is -0.149. The summed E-state index contributed by atoms with van der Waals surface area (Å²) in [5.41, 5.74) is 0.917. The minimum absolute atomic E-state index is 0.149. The van der Waals surface area contributed by atoms with Crippen LogP contribution in [0.4, 0.5) is 5.69 Å². The molecule has 1 N–H and O–H groups in total. The molecule has 0 unspecified atom stereocenters. The van der Waals surface area contributed by atoms with Crippen LogP contribution >= 0.6 is 23.2 Å². The first-order valence-corrected chi connectivity index (χ1v) is 6.64. The summed E-state index contributed by atoms with van der Waals surface area (Å²) >= 11 is 11.8. The predicted molar refractivity (Wildman–Crippen MR) is 75.4 cm³/mol. The third-order valence-corrected chi connectivity index (χ3v) is 2.91. The SMILES string of the molecule is COC(=O)CCCCCNc1cc(Cl)cc(Cl)c1. The number of halogens is 2. The summed E-state index contributed by atoms with van der Waals surface area (Å²) in [7, 11) is 1.41. The number of benzene rings is 1. The number of ether oxygens (including phenoxy) is 1. The molecule has 0 fully saturated rings. The van der Waals surface area contributed by atoms with Crippen molar-refractivity contribution in [2.24, 2.45) is 0 Å². The lowest BCUT2D eigenvalue weighted by Crippen LogP contribution is -2.03. The molecule has 0 radical (unpaired) electrons. The Morgan fingerprint density at radius 1 is 1.17 bits per heavy atom. The number of nitrogens with one attached hydrogen (secondary N) is 1. The number of anilines is 1. The molecule has 1 aromatic rings. The van der Waals surface area contributed by atoms with Crippen molar-refractivity contribution in [2.45, 2.75) is 25.7 Å². The number of hydrogen-bond donors (Lipinski definition) is 1. The van der Waals surface area contributed by atoms with Gasteiger partial charge in [0.2, 0.25) is 0 Å². The molecule has 0 bridgehead atoms. The molecule has 0 saturated carbocycles. The van der Waals surface area contributed by atoms with E-state index in [1.54, 1.807) is 6.07 Å². The van der Waals surface area contributed by atoms with E-state index < -0.39 is 0 Å². The Morgan fingerprint density at radius 3 is 2.44 bits per heavy atom. The van der Waals surface area contributed by atoms with E-state index in [0.29, 0.717) is 16.5 Å². The zero-order chi connectivity index (χ0) is 13.4. The van der Waals surface area contributed by atoms with E-state index in [1.807, 2.05) is 12.1 Å². The van der Waals surface area contributed by atoms with E-state index in [1.165, 1.54) is 7.11 Å². The molecule has 0 aliphatic heterocycles. The molecule has 5 heteroatoms. The van der Waals surface area contributed by atoms with Gasteiger partial charge in [0.05, 0.1) is 7.11 Å². The first kappa shape index (κ1) is 15.1. The van der Waals surface area contributed by atoms with Crippen LogP contribution in [-0.2, 0) is 9.53 Å². The molecular weight excluding hydrogens is 273 g/mol. The van der Waals surface area contributed by atoms with E-state index in [4.69, 9.17) is 23.2 Å². The fourth-order valence-electron chi connectivity index (χ4n) is 1.56. The number of carbonyl (C=O) groups excluding carboxylic acids is 1. The summed E-state index contributed by atoms with van der Waals surface area (Å²) in [6.07, 6.45) is 3.31. The highest BCUT2D eigenvalue weighted by Crippen LogP contribution is 2.22. The Bertz CT molecular complexity index is 376. The summed E-state index contributed by atoms with van der Waals surface area (Å²) in [4.78, 5) is 10.9. The van der Waals surface area contributed by atoms with E-state index in [0.717, 1.165) is 31.5 Å². The van der Waals surface area contributed by atoms with Gasteiger partial charge in [0.1, 0.15) is 0 Å². The Balaban J connectivity index is 2.16. The van der Waals surface area contributed by atoms with Gasteiger partial charge in [-0.3, -0.25) is 4.79 Å². The van der Waals surface area contributed by atoms with E-state index in [9.17, 15) is 4.79 Å². The summed E-state index contributed by atoms with van der Waals surface area (Å²) in [6.45, 7) is 0.831. The summed E-state index contributed by atoms with van der Waals surface area (Å²) < 4.78 is 4.57. The van der Waals surface area contributed by atoms with Gasteiger partial charge in [-0.15, -0.1) is 0 Å². The minimum atomic E-state index is -0.149. The van der Waals surface area contributed by atoms with Crippen molar-refractivity contribution in [3.05, 3.63) is 28.2 Å². The van der Waals surface area contributed by atoms with Crippen LogP contribution in [0.15, 0.2) is 18.2 Å². The Labute approximate surface area is 117 Å². The lowest BCUT2D eigenvalue weighted by Gasteiger charge is -2.07. The van der Waals surface area contributed by atoms with Gasteiger partial charge >= 0.3 is 5.97 Å². The first-order valence-electron chi connectivity index (χ1n) is 5.88. The Hall–Kier alpha value is -0.930. The van der Waals surface area contributed by atoms with Crippen LogP contribution in [0, 0.1) is 0 Å². The highest BCUT2D eigenvalue weighted by atomic mass is 35.5. The molecular formula is C13H17Cl2NO2. The van der Waals surface area contributed by atoms with Gasteiger partial charge in [-0.05, 0) is 31.0 Å². The van der Waals surface area contributed by atoms with Gasteiger partial charge in [-0.1, -0.05) is 29.6 Å². The number of rotatable bonds is 7. The molecule has 0 aliphatic rings. The van der Waals surface area contributed by atoms with Crippen molar-refractivity contribution in [2.75, 3.05) is 19.0 Å². The second-order valence-electron chi connectivity index (χ2n) is 3.97. The molecule has 0 aliphatic carbocycles. The lowest BCUT2D eigenvalue weighted by atomic mass is 10.2. The van der Waals surface area contributed by atoms with Gasteiger partial charge in [0, 0.05) is 28.7 Å². The van der Waals surface area contributed by atoms with Crippen LogP contribution in [0.3, 0.4) is 0 Å². The van der Waals surface area contributed by atoms with E-state index in [-0.39, 0.29) is 5.97 Å². The molecule has 3 nitrogen and oxygen atoms in total. The number of methoxy groups -OCH3 is 1. The van der Waals surface area contributed by atoms with Gasteiger partial charge in [0.15, 0.2) is 0 Å². The molecule has 100 valence electrons. The average molecular weight is 290 g/mol. The number of hydrogen-bond acceptors (Lipinski definition) is 3. The fourth-order valence-corrected chi connectivity index (χ4v) is 2.09. The summed E-state index contributed by atoms with van der Waals surface area (Å²) in [6, 6.07) is 5.37. The Morgan fingerprint density at radius 2 is 1.83 bits per heavy atom. The molecule has 0 aromatic heterocycles. The second kappa shape index (κ2) is 8.22. The number of carbonyl (C=O) groups is 1. The Kier molecular flexibility index (Phi) is 6.91. The maximum atomic E-state index is 10.9. The molecule has 0 saturated heterocycles. The van der Waals surface area contributed by atoms with Crippen molar-refractivity contribution in [1.29, 1.82) is 0 Å². The third kappa shape index (κ3) is 6.12. The second-order valence-corrected chi connectivity index (χ2v) is 4.84. The van der Waals surface area contributed by atoms with E-state index in [2.05, 4.69) is 10.1 Å². The zero-order valence-corrected chi connectivity index (χ0v) is 11.9. The maximum Gasteiger partial charge on any atom is 0.305 e. The topological polar surface area (TPSA) is 38.3 Å². The quantitative estimate of drug-likeness (QED) is 0.606. The molecule has 0 spiro atoms. The van der Waals surface area contributed by atoms with Crippen molar-refractivity contribution in [3.63, 3.8) is 0 Å². The highest BCUT2D eigenvalue weighted by molar-refractivity contribution is 6.35. The molecule has 0 atom stereocenters. The third-order valence-electron chi connectivity index (χ3n) is 2.48. The van der Waals surface area contributed by atoms with Gasteiger partial charge in [-0.25, -0.2) is 0 Å². The monoisotopic (exact) mass is 289 g/mol. The van der Waals surface area contributed by atoms with Crippen LogP contribution in [-0.4, -0.2) is 19.6 Å². The van der Waals surface area contributed by atoms with Crippen LogP contribution < -0.4 is 5.32 Å². The van der Waals surface area contributed by atoms with Crippen molar-refractivity contribution >= 4 is 34.9 Å². The van der Waals surface area contributed by atoms with Crippen LogP contribution in [0.5, 0.6) is 0 Å². The molecule has 0 amide bonds. The maximum absolute atomic E-state index is 10.9. The van der Waals surface area contributed by atoms with Crippen LogP contribution in [0.2, 0.25) is 10.0 Å². The van der Waals surface area contributed by atoms with Crippen molar-refractivity contribution in [3.8, 4) is 0 Å². The molecule has 18 heavy (non-hydrogen) atoms. The lowest BCUT2D eigenvalue weighted by molar-refractivity contribution is -0.140. The number of unbranched alkanes of at least 4 members (excludes halogenated alkanes) is 2. The van der Waals surface area contributed by atoms with Crippen molar-refractivity contribution in [1.82, 2.24) is 0 Å². The molecule has 1 rings (SSSR count). The van der Waals surface area contributed by atoms with Crippen molar-refractivity contribution < 1.29 is 9.53 Å². The highest BCUT2D eigenvalue weighted by Gasteiger charge is 2.00. The minimum Gasteiger partial charge on any atom is -0.469 e. The fraction of sp³-hybridized carbons (Fsp3) is 0.462.